The van der Waals surface area contributed by atoms with E-state index >= 15 is 0 Å². The van der Waals surface area contributed by atoms with Gasteiger partial charge in [0.15, 0.2) is 0 Å². The van der Waals surface area contributed by atoms with Crippen LogP contribution in [0.5, 0.6) is 5.75 Å². The molecule has 0 aromatic heterocycles. The fraction of sp³-hybridized carbons (Fsp3) is 0.409. The van der Waals surface area contributed by atoms with E-state index in [-0.39, 0.29) is 11.9 Å². The van der Waals surface area contributed by atoms with Gasteiger partial charge in [-0.05, 0) is 49.4 Å². The number of ether oxygens (including phenoxy) is 1. The second-order valence-electron chi connectivity index (χ2n) is 7.60. The molecule has 3 fully saturated rings. The van der Waals surface area contributed by atoms with Crippen LogP contribution in [0.25, 0.3) is 0 Å². The molecule has 2 bridgehead atoms. The van der Waals surface area contributed by atoms with E-state index in [0.29, 0.717) is 23.6 Å². The van der Waals surface area contributed by atoms with Crippen LogP contribution in [-0.4, -0.2) is 42.6 Å². The molecule has 2 aromatic carbocycles. The summed E-state index contributed by atoms with van der Waals surface area (Å²) < 4.78 is 5.82. The lowest BCUT2D eigenvalue weighted by Gasteiger charge is -2.37. The van der Waals surface area contributed by atoms with Crippen molar-refractivity contribution in [1.29, 1.82) is 0 Å². The maximum absolute atomic E-state index is 12.8. The highest BCUT2D eigenvalue weighted by Crippen LogP contribution is 2.41. The van der Waals surface area contributed by atoms with Gasteiger partial charge >= 0.3 is 0 Å². The van der Waals surface area contributed by atoms with Gasteiger partial charge in [-0.2, -0.15) is 0 Å². The van der Waals surface area contributed by atoms with E-state index in [9.17, 15) is 4.79 Å². The molecule has 3 aliphatic rings. The number of aryl methyl sites for hydroxylation is 2. The summed E-state index contributed by atoms with van der Waals surface area (Å²) in [6.45, 7) is 6.46. The molecule has 1 saturated carbocycles. The Morgan fingerprint density at radius 3 is 2.67 bits per heavy atom. The molecule has 4 nitrogen and oxygen atoms in total. The Morgan fingerprint density at radius 1 is 1.19 bits per heavy atom. The largest absolute Gasteiger partial charge is 0.491 e. The highest BCUT2D eigenvalue weighted by molar-refractivity contribution is 6.32. The fourth-order valence-electron chi connectivity index (χ4n) is 4.42. The second-order valence-corrected chi connectivity index (χ2v) is 8.01. The number of carbonyl (C=O) groups is 1. The number of hydrogen-bond acceptors (Lipinski definition) is 3. The molecule has 1 N–H and O–H groups in total. The minimum absolute atomic E-state index is 0.0551. The summed E-state index contributed by atoms with van der Waals surface area (Å²) in [5, 5.41) is 3.92. The molecule has 1 amide bonds. The van der Waals surface area contributed by atoms with Gasteiger partial charge in [0, 0.05) is 30.7 Å². The summed E-state index contributed by atoms with van der Waals surface area (Å²) in [5.74, 6) is 1.33. The second kappa shape index (κ2) is 7.53. The van der Waals surface area contributed by atoms with Crippen molar-refractivity contribution in [3.8, 4) is 5.75 Å². The molecular weight excluding hydrogens is 360 g/mol. The highest BCUT2D eigenvalue weighted by Gasteiger charge is 2.52. The number of benzene rings is 2. The Morgan fingerprint density at radius 2 is 1.93 bits per heavy atom. The number of nitrogens with zero attached hydrogens (tertiary/aromatic N) is 1. The number of halogens is 1. The van der Waals surface area contributed by atoms with Crippen molar-refractivity contribution < 1.29 is 9.53 Å². The Hall–Kier alpha value is -2.04. The maximum Gasteiger partial charge on any atom is 0.252 e. The number of hydrogen-bond donors (Lipinski definition) is 1. The monoisotopic (exact) mass is 384 g/mol. The van der Waals surface area contributed by atoms with Gasteiger partial charge in [-0.3, -0.25) is 9.69 Å². The Balaban J connectivity index is 1.32. The minimum Gasteiger partial charge on any atom is -0.491 e. The summed E-state index contributed by atoms with van der Waals surface area (Å²) in [6, 6.07) is 14.2. The molecule has 3 unspecified atom stereocenters. The van der Waals surface area contributed by atoms with Crippen molar-refractivity contribution in [1.82, 2.24) is 10.2 Å². The summed E-state index contributed by atoms with van der Waals surface area (Å²) >= 11 is 6.13. The SMILES string of the molecule is Cc1cccc(C)c1C(=O)NC1C2CC1N(CCOc1ccccc1Cl)C2. The van der Waals surface area contributed by atoms with E-state index < -0.39 is 0 Å². The molecule has 5 heteroatoms. The van der Waals surface area contributed by atoms with Crippen LogP contribution in [0, 0.1) is 19.8 Å². The standard InChI is InChI=1S/C22H25ClN2O2/c1-14-6-5-7-15(2)20(14)22(26)24-21-16-12-18(21)25(13-16)10-11-27-19-9-4-3-8-17(19)23/h3-9,16,18,21H,10-13H2,1-2H3,(H,24,26). The maximum atomic E-state index is 12.8. The quantitative estimate of drug-likeness (QED) is 0.822. The molecule has 2 heterocycles. The topological polar surface area (TPSA) is 41.6 Å². The number of amides is 1. The third-order valence-electron chi connectivity index (χ3n) is 5.88. The van der Waals surface area contributed by atoms with Gasteiger partial charge in [0.2, 0.25) is 0 Å². The van der Waals surface area contributed by atoms with Crippen molar-refractivity contribution in [2.75, 3.05) is 19.7 Å². The number of fused-ring (bicyclic) bond motifs is 1. The van der Waals surface area contributed by atoms with Crippen LogP contribution in [0.1, 0.15) is 27.9 Å². The van der Waals surface area contributed by atoms with Crippen LogP contribution >= 0.6 is 11.6 Å². The van der Waals surface area contributed by atoms with E-state index in [2.05, 4.69) is 10.2 Å². The van der Waals surface area contributed by atoms with Gasteiger partial charge in [0.1, 0.15) is 12.4 Å². The number of rotatable bonds is 6. The molecule has 1 aliphatic carbocycles. The predicted octanol–water partition coefficient (Wildman–Crippen LogP) is 3.84. The van der Waals surface area contributed by atoms with Crippen molar-refractivity contribution in [2.24, 2.45) is 5.92 Å². The molecule has 27 heavy (non-hydrogen) atoms. The first-order valence-electron chi connectivity index (χ1n) is 9.53. The normalized spacial score (nSPS) is 23.7. The first-order valence-corrected chi connectivity index (χ1v) is 9.91. The van der Waals surface area contributed by atoms with Gasteiger partial charge in [-0.15, -0.1) is 0 Å². The average Bonchev–Trinajstić information content (AvgIpc) is 3.19. The highest BCUT2D eigenvalue weighted by atomic mass is 35.5. The van der Waals surface area contributed by atoms with E-state index in [0.717, 1.165) is 42.0 Å². The van der Waals surface area contributed by atoms with Gasteiger partial charge in [0.05, 0.1) is 5.02 Å². The van der Waals surface area contributed by atoms with Crippen molar-refractivity contribution in [3.05, 3.63) is 64.2 Å². The third-order valence-corrected chi connectivity index (χ3v) is 6.20. The lowest BCUT2D eigenvalue weighted by atomic mass is 9.79. The van der Waals surface area contributed by atoms with Crippen LogP contribution in [0.3, 0.4) is 0 Å². The van der Waals surface area contributed by atoms with Crippen LogP contribution in [-0.2, 0) is 0 Å². The summed E-state index contributed by atoms with van der Waals surface area (Å²) in [5.41, 5.74) is 2.88. The molecule has 3 atom stereocenters. The zero-order chi connectivity index (χ0) is 19.0. The molecule has 2 aromatic rings. The Bertz CT molecular complexity index is 834. The number of carbonyl (C=O) groups excluding carboxylic acids is 1. The zero-order valence-electron chi connectivity index (χ0n) is 15.7. The predicted molar refractivity (Wildman–Crippen MR) is 108 cm³/mol. The lowest BCUT2D eigenvalue weighted by Crippen LogP contribution is -2.55. The molecule has 5 rings (SSSR count). The fourth-order valence-corrected chi connectivity index (χ4v) is 4.61. The molecule has 142 valence electrons. The van der Waals surface area contributed by atoms with Crippen molar-refractivity contribution in [3.63, 3.8) is 0 Å². The molecule has 0 spiro atoms. The number of nitrogens with one attached hydrogen (secondary N) is 1. The van der Waals surface area contributed by atoms with Crippen LogP contribution in [0.4, 0.5) is 0 Å². The van der Waals surface area contributed by atoms with Crippen LogP contribution in [0.2, 0.25) is 5.02 Å². The average molecular weight is 385 g/mol. The van der Waals surface area contributed by atoms with E-state index in [1.165, 1.54) is 0 Å². The summed E-state index contributed by atoms with van der Waals surface area (Å²) in [4.78, 5) is 15.2. The Labute approximate surface area is 165 Å². The van der Waals surface area contributed by atoms with Crippen LogP contribution in [0.15, 0.2) is 42.5 Å². The molecular formula is C22H25ClN2O2. The third kappa shape index (κ3) is 3.56. The van der Waals surface area contributed by atoms with E-state index in [1.807, 2.05) is 56.3 Å². The molecule has 2 aliphatic heterocycles. The minimum atomic E-state index is 0.0551. The van der Waals surface area contributed by atoms with E-state index in [1.54, 1.807) is 0 Å². The summed E-state index contributed by atoms with van der Waals surface area (Å²) in [6.07, 6.45) is 1.16. The zero-order valence-corrected chi connectivity index (χ0v) is 16.5. The Kier molecular flexibility index (Phi) is 5.11. The van der Waals surface area contributed by atoms with Gasteiger partial charge < -0.3 is 10.1 Å². The smallest absolute Gasteiger partial charge is 0.252 e. The summed E-state index contributed by atoms with van der Waals surface area (Å²) in [7, 11) is 0. The van der Waals surface area contributed by atoms with Gasteiger partial charge in [0.25, 0.3) is 5.91 Å². The number of para-hydroxylation sites is 1. The van der Waals surface area contributed by atoms with Crippen molar-refractivity contribution >= 4 is 17.5 Å². The van der Waals surface area contributed by atoms with Crippen LogP contribution < -0.4 is 10.1 Å². The first kappa shape index (κ1) is 18.3. The van der Waals surface area contributed by atoms with Crippen molar-refractivity contribution in [2.45, 2.75) is 32.4 Å². The van der Waals surface area contributed by atoms with Gasteiger partial charge in [-0.1, -0.05) is 41.9 Å². The molecule has 2 saturated heterocycles. The van der Waals surface area contributed by atoms with Gasteiger partial charge in [-0.25, -0.2) is 0 Å². The lowest BCUT2D eigenvalue weighted by molar-refractivity contribution is 0.0862. The first-order chi connectivity index (χ1) is 13.0. The van der Waals surface area contributed by atoms with E-state index in [4.69, 9.17) is 16.3 Å². The molecule has 0 radical (unpaired) electrons.